The summed E-state index contributed by atoms with van der Waals surface area (Å²) in [7, 11) is 0. The summed E-state index contributed by atoms with van der Waals surface area (Å²) in [6.07, 6.45) is 3.18. The van der Waals surface area contributed by atoms with E-state index in [1.807, 2.05) is 0 Å². The summed E-state index contributed by atoms with van der Waals surface area (Å²) in [5, 5.41) is 10.8. The number of thioether (sulfide) groups is 1. The summed E-state index contributed by atoms with van der Waals surface area (Å²) in [6, 6.07) is 6.78. The van der Waals surface area contributed by atoms with Gasteiger partial charge < -0.3 is 4.52 Å². The summed E-state index contributed by atoms with van der Waals surface area (Å²) in [6.45, 7) is 4.19. The number of nitrogens with zero attached hydrogens (tertiary/aromatic N) is 4. The molecule has 1 saturated heterocycles. The van der Waals surface area contributed by atoms with E-state index in [4.69, 9.17) is 4.52 Å². The SMILES string of the molecule is CCC(Sc1nsnc1-c1ccsc1)N1CCCC(c2noc3cc(F)ccc23)C1. The Morgan fingerprint density at radius 1 is 1.33 bits per heavy atom. The first-order valence-electron chi connectivity index (χ1n) is 10.0. The molecule has 5 nitrogen and oxygen atoms in total. The third-order valence-corrected chi connectivity index (χ3v) is 8.30. The molecule has 4 heterocycles. The minimum Gasteiger partial charge on any atom is -0.356 e. The average Bonchev–Trinajstić information content (AvgIpc) is 3.51. The van der Waals surface area contributed by atoms with Gasteiger partial charge in [0.25, 0.3) is 0 Å². The first kappa shape index (κ1) is 20.1. The van der Waals surface area contributed by atoms with Gasteiger partial charge in [-0.3, -0.25) is 4.90 Å². The van der Waals surface area contributed by atoms with Crippen LogP contribution in [-0.2, 0) is 0 Å². The number of thiophene rings is 1. The van der Waals surface area contributed by atoms with E-state index in [0.29, 0.717) is 11.0 Å². The van der Waals surface area contributed by atoms with Crippen LogP contribution >= 0.6 is 34.8 Å². The van der Waals surface area contributed by atoms with Gasteiger partial charge in [-0.05, 0) is 49.4 Å². The Kier molecular flexibility index (Phi) is 5.86. The zero-order chi connectivity index (χ0) is 20.5. The molecule has 5 rings (SSSR count). The van der Waals surface area contributed by atoms with Crippen molar-refractivity contribution in [2.45, 2.75) is 42.5 Å². The first-order valence-corrected chi connectivity index (χ1v) is 12.6. The molecule has 1 aliphatic rings. The minimum atomic E-state index is -0.295. The van der Waals surface area contributed by atoms with Crippen molar-refractivity contribution in [3.63, 3.8) is 0 Å². The van der Waals surface area contributed by atoms with Crippen molar-refractivity contribution in [1.82, 2.24) is 18.8 Å². The van der Waals surface area contributed by atoms with E-state index in [-0.39, 0.29) is 11.7 Å². The number of rotatable bonds is 6. The third kappa shape index (κ3) is 3.91. The zero-order valence-corrected chi connectivity index (χ0v) is 18.9. The Morgan fingerprint density at radius 3 is 3.10 bits per heavy atom. The molecule has 0 spiro atoms. The van der Waals surface area contributed by atoms with Gasteiger partial charge in [0.2, 0.25) is 0 Å². The maximum Gasteiger partial charge on any atom is 0.170 e. The fourth-order valence-corrected chi connectivity index (χ4v) is 6.58. The van der Waals surface area contributed by atoms with Crippen LogP contribution in [0.1, 0.15) is 37.8 Å². The van der Waals surface area contributed by atoms with Crippen LogP contribution in [0.4, 0.5) is 4.39 Å². The lowest BCUT2D eigenvalue weighted by Crippen LogP contribution is -2.40. The summed E-state index contributed by atoms with van der Waals surface area (Å²) in [4.78, 5) is 2.53. The van der Waals surface area contributed by atoms with Crippen LogP contribution in [-0.4, -0.2) is 37.3 Å². The van der Waals surface area contributed by atoms with E-state index in [9.17, 15) is 4.39 Å². The molecule has 3 aromatic heterocycles. The molecule has 2 atom stereocenters. The molecule has 30 heavy (non-hydrogen) atoms. The molecule has 9 heteroatoms. The number of aromatic nitrogens is 3. The second kappa shape index (κ2) is 8.74. The van der Waals surface area contributed by atoms with Crippen LogP contribution in [0.2, 0.25) is 0 Å². The van der Waals surface area contributed by atoms with Gasteiger partial charge in [-0.2, -0.15) is 20.1 Å². The highest BCUT2D eigenvalue weighted by Gasteiger charge is 2.30. The van der Waals surface area contributed by atoms with Crippen LogP contribution in [0.15, 0.2) is 44.6 Å². The van der Waals surface area contributed by atoms with E-state index >= 15 is 0 Å². The number of fused-ring (bicyclic) bond motifs is 1. The molecule has 156 valence electrons. The maximum atomic E-state index is 13.5. The minimum absolute atomic E-state index is 0.282. The molecule has 0 amide bonds. The van der Waals surface area contributed by atoms with Crippen molar-refractivity contribution in [3.8, 4) is 11.3 Å². The normalized spacial score (nSPS) is 18.8. The molecular formula is C21H21FN4OS3. The molecular weight excluding hydrogens is 439 g/mol. The predicted molar refractivity (Wildman–Crippen MR) is 121 cm³/mol. The fourth-order valence-electron chi connectivity index (χ4n) is 4.09. The van der Waals surface area contributed by atoms with Gasteiger partial charge in [-0.15, -0.1) is 0 Å². The van der Waals surface area contributed by atoms with E-state index in [1.165, 1.54) is 23.9 Å². The van der Waals surface area contributed by atoms with Crippen molar-refractivity contribution < 1.29 is 8.91 Å². The molecule has 0 saturated carbocycles. The zero-order valence-electron chi connectivity index (χ0n) is 16.5. The summed E-state index contributed by atoms with van der Waals surface area (Å²) in [5.41, 5.74) is 3.60. The van der Waals surface area contributed by atoms with E-state index in [2.05, 4.69) is 42.6 Å². The summed E-state index contributed by atoms with van der Waals surface area (Å²) >= 11 is 4.76. The summed E-state index contributed by atoms with van der Waals surface area (Å²) in [5.74, 6) is -0.0127. The van der Waals surface area contributed by atoms with E-state index < -0.39 is 0 Å². The standard InChI is InChI=1S/C21H21FN4OS3/c1-2-18(29-21-20(24-30-25-21)14-7-9-28-12-14)26-8-3-4-13(11-26)19-16-6-5-15(22)10-17(16)27-23-19/h5-7,9-10,12-13,18H,2-4,8,11H2,1H3. The van der Waals surface area contributed by atoms with Gasteiger partial charge in [-0.1, -0.05) is 23.8 Å². The second-order valence-electron chi connectivity index (χ2n) is 7.45. The largest absolute Gasteiger partial charge is 0.356 e. The first-order chi connectivity index (χ1) is 14.7. The number of piperidine rings is 1. The second-order valence-corrected chi connectivity index (χ2v) is 9.93. The average molecular weight is 461 g/mol. The number of hydrogen-bond acceptors (Lipinski definition) is 8. The molecule has 2 unspecified atom stereocenters. The Balaban J connectivity index is 1.35. The van der Waals surface area contributed by atoms with E-state index in [0.717, 1.165) is 59.7 Å². The van der Waals surface area contributed by atoms with Gasteiger partial charge in [0.1, 0.15) is 16.5 Å². The number of likely N-dealkylation sites (tertiary alicyclic amines) is 1. The molecule has 0 bridgehead atoms. The molecule has 0 radical (unpaired) electrons. The molecule has 1 aliphatic heterocycles. The molecule has 4 aromatic rings. The fraction of sp³-hybridized carbons (Fsp3) is 0.381. The highest BCUT2D eigenvalue weighted by Crippen LogP contribution is 2.38. The molecule has 0 aliphatic carbocycles. The lowest BCUT2D eigenvalue weighted by Gasteiger charge is -2.36. The maximum absolute atomic E-state index is 13.5. The lowest BCUT2D eigenvalue weighted by molar-refractivity contribution is 0.187. The monoisotopic (exact) mass is 460 g/mol. The van der Waals surface area contributed by atoms with Crippen LogP contribution in [0.5, 0.6) is 0 Å². The van der Waals surface area contributed by atoms with Gasteiger partial charge >= 0.3 is 0 Å². The van der Waals surface area contributed by atoms with Crippen molar-refractivity contribution >= 4 is 45.8 Å². The van der Waals surface area contributed by atoms with E-state index in [1.54, 1.807) is 29.2 Å². The Labute approximate surface area is 186 Å². The molecule has 0 N–H and O–H groups in total. The third-order valence-electron chi connectivity index (χ3n) is 5.56. The Morgan fingerprint density at radius 2 is 2.27 bits per heavy atom. The molecule has 1 fully saturated rings. The lowest BCUT2D eigenvalue weighted by atomic mass is 9.92. The van der Waals surface area contributed by atoms with Crippen LogP contribution in [0.3, 0.4) is 0 Å². The van der Waals surface area contributed by atoms with Gasteiger partial charge in [-0.25, -0.2) is 4.39 Å². The van der Waals surface area contributed by atoms with Crippen LogP contribution < -0.4 is 0 Å². The van der Waals surface area contributed by atoms with Crippen molar-refractivity contribution in [3.05, 3.63) is 46.5 Å². The van der Waals surface area contributed by atoms with Crippen LogP contribution in [0.25, 0.3) is 22.2 Å². The van der Waals surface area contributed by atoms with Crippen molar-refractivity contribution in [2.75, 3.05) is 13.1 Å². The Hall–Kier alpha value is -1.81. The quantitative estimate of drug-likeness (QED) is 0.317. The number of halogens is 1. The van der Waals surface area contributed by atoms with Gasteiger partial charge in [0.15, 0.2) is 5.58 Å². The van der Waals surface area contributed by atoms with Crippen molar-refractivity contribution in [1.29, 1.82) is 0 Å². The highest BCUT2D eigenvalue weighted by atomic mass is 32.2. The smallest absolute Gasteiger partial charge is 0.170 e. The van der Waals surface area contributed by atoms with Gasteiger partial charge in [0, 0.05) is 34.9 Å². The highest BCUT2D eigenvalue weighted by molar-refractivity contribution is 8.00. The van der Waals surface area contributed by atoms with Gasteiger partial charge in [0.05, 0.1) is 22.8 Å². The Bertz CT molecular complexity index is 1130. The molecule has 1 aromatic carbocycles. The number of hydrogen-bond donors (Lipinski definition) is 0. The topological polar surface area (TPSA) is 55.1 Å². The van der Waals surface area contributed by atoms with Crippen LogP contribution in [0, 0.1) is 5.82 Å². The predicted octanol–water partition coefficient (Wildman–Crippen LogP) is 6.25. The number of benzene rings is 1. The van der Waals surface area contributed by atoms with Crippen molar-refractivity contribution in [2.24, 2.45) is 0 Å². The summed E-state index contributed by atoms with van der Waals surface area (Å²) < 4.78 is 28.0.